The molecule has 2 amide bonds. The third kappa shape index (κ3) is 5.74. The predicted octanol–water partition coefficient (Wildman–Crippen LogP) is 2.13. The molecule has 0 bridgehead atoms. The van der Waals surface area contributed by atoms with E-state index in [9.17, 15) is 9.59 Å². The number of hydrogen-bond acceptors (Lipinski definition) is 5. The lowest BCUT2D eigenvalue weighted by Gasteiger charge is -2.35. The van der Waals surface area contributed by atoms with Crippen LogP contribution in [0.25, 0.3) is 10.9 Å². The molecule has 1 saturated heterocycles. The maximum Gasteiger partial charge on any atom is 0.242 e. The van der Waals surface area contributed by atoms with Crippen molar-refractivity contribution >= 4 is 34.5 Å². The number of nitrogens with one attached hydrogen (secondary N) is 1. The predicted molar refractivity (Wildman–Crippen MR) is 114 cm³/mol. The average Bonchev–Trinajstić information content (AvgIpc) is 3.03. The second kappa shape index (κ2) is 10.1. The summed E-state index contributed by atoms with van der Waals surface area (Å²) in [6.07, 6.45) is 2.07. The van der Waals surface area contributed by atoms with Crippen molar-refractivity contribution in [2.24, 2.45) is 0 Å². The van der Waals surface area contributed by atoms with Gasteiger partial charge in [-0.05, 0) is 19.9 Å². The molecule has 0 radical (unpaired) electrons. The maximum absolute atomic E-state index is 12.9. The molecule has 0 spiro atoms. The fraction of sp³-hybridized carbons (Fsp3) is 0.524. The zero-order chi connectivity index (χ0) is 20.8. The molecule has 3 rings (SSSR count). The molecular formula is C21H29N3O4S. The number of methoxy groups -OCH3 is 1. The van der Waals surface area contributed by atoms with E-state index in [2.05, 4.69) is 5.32 Å². The third-order valence-corrected chi connectivity index (χ3v) is 5.86. The first-order valence-corrected chi connectivity index (χ1v) is 10.9. The Morgan fingerprint density at radius 2 is 1.97 bits per heavy atom. The number of fused-ring (bicyclic) bond motifs is 1. The Labute approximate surface area is 175 Å². The zero-order valence-electron chi connectivity index (χ0n) is 17.2. The molecule has 7 nitrogen and oxygen atoms in total. The minimum Gasteiger partial charge on any atom is -0.383 e. The van der Waals surface area contributed by atoms with Gasteiger partial charge in [0.2, 0.25) is 11.8 Å². The summed E-state index contributed by atoms with van der Waals surface area (Å²) < 4.78 is 12.7. The highest BCUT2D eigenvalue weighted by Crippen LogP contribution is 2.30. The Balaban J connectivity index is 1.69. The van der Waals surface area contributed by atoms with Gasteiger partial charge in [0.25, 0.3) is 0 Å². The Hall–Kier alpha value is -2.03. The number of ether oxygens (including phenoxy) is 2. The number of rotatable bonds is 8. The van der Waals surface area contributed by atoms with Crippen LogP contribution >= 0.6 is 11.8 Å². The Kier molecular flexibility index (Phi) is 7.57. The van der Waals surface area contributed by atoms with E-state index in [4.69, 9.17) is 9.47 Å². The number of morpholine rings is 1. The number of aromatic nitrogens is 1. The minimum atomic E-state index is -0.0313. The lowest BCUT2D eigenvalue weighted by atomic mass is 10.2. The molecule has 2 aromatic rings. The van der Waals surface area contributed by atoms with Crippen LogP contribution in [0, 0.1) is 0 Å². The summed E-state index contributed by atoms with van der Waals surface area (Å²) in [6.45, 7) is 6.50. The third-order valence-electron chi connectivity index (χ3n) is 4.82. The van der Waals surface area contributed by atoms with Gasteiger partial charge in [-0.3, -0.25) is 9.59 Å². The molecule has 29 heavy (non-hydrogen) atoms. The number of carbonyl (C=O) groups is 2. The first-order chi connectivity index (χ1) is 14.0. The fourth-order valence-corrected chi connectivity index (χ4v) is 4.49. The molecule has 2 heterocycles. The smallest absolute Gasteiger partial charge is 0.242 e. The van der Waals surface area contributed by atoms with Crippen molar-refractivity contribution < 1.29 is 19.1 Å². The highest BCUT2D eigenvalue weighted by Gasteiger charge is 2.26. The van der Waals surface area contributed by atoms with Gasteiger partial charge in [-0.15, -0.1) is 11.8 Å². The van der Waals surface area contributed by atoms with Crippen molar-refractivity contribution in [2.45, 2.75) is 37.5 Å². The van der Waals surface area contributed by atoms with E-state index in [1.165, 1.54) is 11.8 Å². The first kappa shape index (κ1) is 21.7. The summed E-state index contributed by atoms with van der Waals surface area (Å²) in [5, 5.41) is 3.88. The number of thioether (sulfide) groups is 1. The van der Waals surface area contributed by atoms with Crippen LogP contribution in [0.2, 0.25) is 0 Å². The minimum absolute atomic E-state index is 0.0313. The van der Waals surface area contributed by atoms with E-state index in [0.717, 1.165) is 15.8 Å². The molecule has 8 heteroatoms. The van der Waals surface area contributed by atoms with Crippen LogP contribution in [0.5, 0.6) is 0 Å². The highest BCUT2D eigenvalue weighted by molar-refractivity contribution is 8.00. The number of benzene rings is 1. The SMILES string of the molecule is COCCNC(=O)CSc1cn(CC(=O)N2C[C@@H](C)O[C@@H](C)C2)c2ccccc12. The van der Waals surface area contributed by atoms with Crippen LogP contribution in [-0.4, -0.2) is 72.6 Å². The summed E-state index contributed by atoms with van der Waals surface area (Å²) in [7, 11) is 1.61. The number of carbonyl (C=O) groups excluding carboxylic acids is 2. The van der Waals surface area contributed by atoms with Gasteiger partial charge in [0, 0.05) is 48.7 Å². The van der Waals surface area contributed by atoms with E-state index >= 15 is 0 Å². The van der Waals surface area contributed by atoms with Gasteiger partial charge in [0.15, 0.2) is 0 Å². The molecule has 0 saturated carbocycles. The Morgan fingerprint density at radius 1 is 1.24 bits per heavy atom. The van der Waals surface area contributed by atoms with Gasteiger partial charge >= 0.3 is 0 Å². The standard InChI is InChI=1S/C21H29N3O4S/c1-15-10-24(11-16(2)28-15)21(26)13-23-12-19(17-6-4-5-7-18(17)23)29-14-20(25)22-8-9-27-3/h4-7,12,15-16H,8-11,13-14H2,1-3H3,(H,22,25)/t15-,16+. The quantitative estimate of drug-likeness (QED) is 0.524. The van der Waals surface area contributed by atoms with Gasteiger partial charge in [-0.1, -0.05) is 18.2 Å². The van der Waals surface area contributed by atoms with Crippen molar-refractivity contribution in [3.8, 4) is 0 Å². The summed E-state index contributed by atoms with van der Waals surface area (Å²) >= 11 is 1.48. The van der Waals surface area contributed by atoms with E-state index < -0.39 is 0 Å². The summed E-state index contributed by atoms with van der Waals surface area (Å²) in [5.41, 5.74) is 0.998. The zero-order valence-corrected chi connectivity index (χ0v) is 18.0. The lowest BCUT2D eigenvalue weighted by molar-refractivity contribution is -0.143. The van der Waals surface area contributed by atoms with E-state index in [1.807, 2.05) is 53.8 Å². The number of hydrogen-bond donors (Lipinski definition) is 1. The summed E-state index contributed by atoms with van der Waals surface area (Å²) in [5.74, 6) is 0.377. The normalized spacial score (nSPS) is 19.5. The first-order valence-electron chi connectivity index (χ1n) is 9.87. The second-order valence-electron chi connectivity index (χ2n) is 7.33. The van der Waals surface area contributed by atoms with Crippen LogP contribution < -0.4 is 5.32 Å². The van der Waals surface area contributed by atoms with Gasteiger partial charge in [0.1, 0.15) is 6.54 Å². The number of para-hydroxylation sites is 1. The fourth-order valence-electron chi connectivity index (χ4n) is 3.57. The van der Waals surface area contributed by atoms with Crippen molar-refractivity contribution in [3.63, 3.8) is 0 Å². The molecule has 158 valence electrons. The van der Waals surface area contributed by atoms with Crippen LogP contribution in [0.3, 0.4) is 0 Å². The number of amides is 2. The topological polar surface area (TPSA) is 72.8 Å². The number of nitrogens with zero attached hydrogens (tertiary/aromatic N) is 2. The van der Waals surface area contributed by atoms with E-state index in [0.29, 0.717) is 32.0 Å². The Bertz CT molecular complexity index is 844. The van der Waals surface area contributed by atoms with Gasteiger partial charge < -0.3 is 24.3 Å². The van der Waals surface area contributed by atoms with Crippen LogP contribution in [0.1, 0.15) is 13.8 Å². The van der Waals surface area contributed by atoms with E-state index in [1.54, 1.807) is 7.11 Å². The van der Waals surface area contributed by atoms with Crippen LogP contribution in [0.4, 0.5) is 0 Å². The van der Waals surface area contributed by atoms with Crippen molar-refractivity contribution in [2.75, 3.05) is 39.1 Å². The molecule has 1 N–H and O–H groups in total. The second-order valence-corrected chi connectivity index (χ2v) is 8.34. The monoisotopic (exact) mass is 419 g/mol. The lowest BCUT2D eigenvalue weighted by Crippen LogP contribution is -2.49. The van der Waals surface area contributed by atoms with Gasteiger partial charge in [0.05, 0.1) is 24.6 Å². The molecule has 1 aromatic heterocycles. The summed E-state index contributed by atoms with van der Waals surface area (Å²) in [4.78, 5) is 27.8. The molecule has 1 aliphatic heterocycles. The van der Waals surface area contributed by atoms with Crippen molar-refractivity contribution in [1.29, 1.82) is 0 Å². The molecular weight excluding hydrogens is 390 g/mol. The molecule has 0 unspecified atom stereocenters. The maximum atomic E-state index is 12.9. The summed E-state index contributed by atoms with van der Waals surface area (Å²) in [6, 6.07) is 7.98. The van der Waals surface area contributed by atoms with Crippen molar-refractivity contribution in [1.82, 2.24) is 14.8 Å². The largest absolute Gasteiger partial charge is 0.383 e. The highest BCUT2D eigenvalue weighted by atomic mass is 32.2. The van der Waals surface area contributed by atoms with Gasteiger partial charge in [-0.2, -0.15) is 0 Å². The van der Waals surface area contributed by atoms with E-state index in [-0.39, 0.29) is 30.6 Å². The average molecular weight is 420 g/mol. The molecule has 0 aliphatic carbocycles. The molecule has 1 fully saturated rings. The van der Waals surface area contributed by atoms with Crippen molar-refractivity contribution in [3.05, 3.63) is 30.5 Å². The Morgan fingerprint density at radius 3 is 2.69 bits per heavy atom. The van der Waals surface area contributed by atoms with Crippen LogP contribution in [-0.2, 0) is 25.6 Å². The molecule has 1 aromatic carbocycles. The molecule has 1 aliphatic rings. The molecule has 2 atom stereocenters. The van der Waals surface area contributed by atoms with Crippen LogP contribution in [0.15, 0.2) is 35.4 Å². The van der Waals surface area contributed by atoms with Gasteiger partial charge in [-0.25, -0.2) is 0 Å².